The van der Waals surface area contributed by atoms with Crippen LogP contribution >= 0.6 is 22.7 Å². The average Bonchev–Trinajstić information content (AvgIpc) is 4.04. The molecular weight excluding hydrogens is 769 g/mol. The van der Waals surface area contributed by atoms with Gasteiger partial charge in [0.15, 0.2) is 0 Å². The Bertz CT molecular complexity index is 2510. The summed E-state index contributed by atoms with van der Waals surface area (Å²) in [4.78, 5) is 11.4. The van der Waals surface area contributed by atoms with Crippen molar-refractivity contribution >= 4 is 56.6 Å². The Labute approximate surface area is 345 Å². The second kappa shape index (κ2) is 14.4. The molecule has 0 bridgehead atoms. The highest BCUT2D eigenvalue weighted by atomic mass is 32.1. The van der Waals surface area contributed by atoms with Gasteiger partial charge in [-0.05, 0) is 104 Å². The quantitative estimate of drug-likeness (QED) is 0.137. The highest BCUT2D eigenvalue weighted by Crippen LogP contribution is 2.59. The van der Waals surface area contributed by atoms with E-state index in [1.54, 1.807) is 22.9 Å². The zero-order valence-corrected chi connectivity index (χ0v) is 35.0. The molecule has 0 saturated carbocycles. The second-order valence-electron chi connectivity index (χ2n) is 16.6. The molecule has 0 fully saturated rings. The van der Waals surface area contributed by atoms with Crippen molar-refractivity contribution in [1.29, 1.82) is 0 Å². The molecule has 58 heavy (non-hydrogen) atoms. The van der Waals surface area contributed by atoms with Gasteiger partial charge in [0.25, 0.3) is 11.8 Å². The van der Waals surface area contributed by atoms with Crippen LogP contribution in [0.2, 0.25) is 0 Å². The van der Waals surface area contributed by atoms with E-state index >= 15 is 17.6 Å². The van der Waals surface area contributed by atoms with E-state index in [0.717, 1.165) is 77.1 Å². The van der Waals surface area contributed by atoms with Crippen LogP contribution in [0.1, 0.15) is 97.9 Å². The second-order valence-corrected chi connectivity index (χ2v) is 18.4. The Morgan fingerprint density at radius 1 is 0.534 bits per heavy atom. The molecule has 2 aliphatic heterocycles. The lowest BCUT2D eigenvalue weighted by atomic mass is 9.69. The van der Waals surface area contributed by atoms with E-state index in [1.807, 2.05) is 48.5 Å². The average molecular weight is 813 g/mol. The lowest BCUT2D eigenvalue weighted by molar-refractivity contribution is -0.0960. The van der Waals surface area contributed by atoms with Crippen molar-refractivity contribution in [2.75, 3.05) is 0 Å². The van der Waals surface area contributed by atoms with Gasteiger partial charge in [0.2, 0.25) is 0 Å². The molecule has 0 N–H and O–H groups in total. The van der Waals surface area contributed by atoms with Crippen LogP contribution in [0.5, 0.6) is 0 Å². The predicted octanol–water partition coefficient (Wildman–Crippen LogP) is 15.2. The standard InChI is InChI=1S/C50H44F4N2S2/c1-27(2)37-17-15-33(19-39(37)43-21-31-11-7-9-13-41(31)55-43)45-23-35(25-57-45)47-48(50(53,54)30(6)29(5)49(47,51)52)36-24-46(58-26-36)34-16-18-38(28(3)4)40(20-34)44-22-32-12-8-10-14-42(32)56-44/h7-20,23-30H,21-22H2,1-6H3. The number of hydrogen-bond donors (Lipinski definition) is 0. The van der Waals surface area contributed by atoms with Gasteiger partial charge in [-0.1, -0.05) is 102 Å². The first-order valence-electron chi connectivity index (χ1n) is 20.0. The van der Waals surface area contributed by atoms with Crippen molar-refractivity contribution in [3.05, 3.63) is 152 Å². The van der Waals surface area contributed by atoms with E-state index in [9.17, 15) is 0 Å². The molecule has 0 saturated heterocycles. The lowest BCUT2D eigenvalue weighted by Crippen LogP contribution is -2.47. The molecule has 2 nitrogen and oxygen atoms in total. The van der Waals surface area contributed by atoms with Crippen molar-refractivity contribution in [1.82, 2.24) is 0 Å². The maximum Gasteiger partial charge on any atom is 0.277 e. The Morgan fingerprint density at radius 3 is 1.31 bits per heavy atom. The summed E-state index contributed by atoms with van der Waals surface area (Å²) >= 11 is 2.61. The maximum atomic E-state index is 16.8. The Hall–Kier alpha value is -4.92. The van der Waals surface area contributed by atoms with Crippen LogP contribution in [0.3, 0.4) is 0 Å². The summed E-state index contributed by atoms with van der Waals surface area (Å²) in [5.74, 6) is -9.70. The van der Waals surface area contributed by atoms with Gasteiger partial charge in [-0.3, -0.25) is 9.98 Å². The molecule has 2 atom stereocenters. The minimum Gasteiger partial charge on any atom is -0.252 e. The fraction of sp³-hybridized carbons (Fsp3) is 0.280. The number of halogens is 4. The molecule has 3 aliphatic rings. The number of fused-ring (bicyclic) bond motifs is 2. The van der Waals surface area contributed by atoms with Crippen LogP contribution in [-0.2, 0) is 12.8 Å². The molecule has 0 spiro atoms. The molecule has 2 aromatic heterocycles. The molecule has 6 aromatic rings. The van der Waals surface area contributed by atoms with Crippen LogP contribution in [0.25, 0.3) is 32.0 Å². The van der Waals surface area contributed by atoms with E-state index in [-0.39, 0.29) is 23.0 Å². The predicted molar refractivity (Wildman–Crippen MR) is 235 cm³/mol. The molecule has 4 aromatic carbocycles. The summed E-state index contributed by atoms with van der Waals surface area (Å²) in [5.41, 5.74) is 11.3. The van der Waals surface area contributed by atoms with Crippen LogP contribution in [0.4, 0.5) is 28.9 Å². The molecular formula is C50H44F4N2S2. The third-order valence-electron chi connectivity index (χ3n) is 12.3. The summed E-state index contributed by atoms with van der Waals surface area (Å²) in [5, 5.41) is 3.25. The van der Waals surface area contributed by atoms with Gasteiger partial charge in [0.05, 0.1) is 22.8 Å². The SMILES string of the molecule is CC(C)c1ccc(-c2cc(C3=C(c4csc(-c5ccc(C(C)C)c(C6=Nc7ccccc7C6)c5)c4)C(F)(F)C(C)C(C)C3(F)F)cs2)cc1C1=Nc2ccccc2C1. The van der Waals surface area contributed by atoms with Crippen LogP contribution < -0.4 is 0 Å². The van der Waals surface area contributed by atoms with Crippen LogP contribution in [0.15, 0.2) is 118 Å². The number of aliphatic imine (C=N–C) groups is 2. The van der Waals surface area contributed by atoms with Crippen molar-refractivity contribution in [2.24, 2.45) is 21.8 Å². The summed E-state index contributed by atoms with van der Waals surface area (Å²) in [6.45, 7) is 11.1. The van der Waals surface area contributed by atoms with Crippen LogP contribution in [0, 0.1) is 11.8 Å². The van der Waals surface area contributed by atoms with Crippen molar-refractivity contribution < 1.29 is 17.6 Å². The monoisotopic (exact) mass is 812 g/mol. The molecule has 4 heterocycles. The number of rotatable bonds is 8. The molecule has 1 aliphatic carbocycles. The number of thiophene rings is 2. The third-order valence-corrected chi connectivity index (χ3v) is 14.3. The zero-order chi connectivity index (χ0) is 40.7. The number of hydrogen-bond acceptors (Lipinski definition) is 4. The van der Waals surface area contributed by atoms with Gasteiger partial charge in [-0.2, -0.15) is 0 Å². The Morgan fingerprint density at radius 2 is 0.931 bits per heavy atom. The maximum absolute atomic E-state index is 16.8. The summed E-state index contributed by atoms with van der Waals surface area (Å²) in [7, 11) is 0. The molecule has 8 heteroatoms. The smallest absolute Gasteiger partial charge is 0.252 e. The van der Waals surface area contributed by atoms with Gasteiger partial charge in [0, 0.05) is 56.7 Å². The Kier molecular flexibility index (Phi) is 9.59. The first-order valence-corrected chi connectivity index (χ1v) is 21.8. The van der Waals surface area contributed by atoms with Crippen molar-refractivity contribution in [3.8, 4) is 20.9 Å². The van der Waals surface area contributed by atoms with Gasteiger partial charge < -0.3 is 0 Å². The van der Waals surface area contributed by atoms with E-state index in [0.29, 0.717) is 12.8 Å². The lowest BCUT2D eigenvalue weighted by Gasteiger charge is -2.42. The van der Waals surface area contributed by atoms with E-state index in [1.165, 1.54) is 36.5 Å². The fourth-order valence-corrected chi connectivity index (χ4v) is 10.6. The van der Waals surface area contributed by atoms with Gasteiger partial charge in [0.1, 0.15) is 0 Å². The van der Waals surface area contributed by atoms with E-state index in [2.05, 4.69) is 64.1 Å². The highest BCUT2D eigenvalue weighted by molar-refractivity contribution is 7.14. The third kappa shape index (κ3) is 6.44. The van der Waals surface area contributed by atoms with E-state index < -0.39 is 34.8 Å². The largest absolute Gasteiger partial charge is 0.277 e. The highest BCUT2D eigenvalue weighted by Gasteiger charge is 2.60. The zero-order valence-electron chi connectivity index (χ0n) is 33.3. The number of benzene rings is 4. The molecule has 0 radical (unpaired) electrons. The van der Waals surface area contributed by atoms with Gasteiger partial charge in [-0.15, -0.1) is 22.7 Å². The molecule has 0 amide bonds. The molecule has 2 unspecified atom stereocenters. The number of nitrogens with zero attached hydrogens (tertiary/aromatic N) is 2. The topological polar surface area (TPSA) is 24.7 Å². The number of alkyl halides is 4. The van der Waals surface area contributed by atoms with Crippen molar-refractivity contribution in [3.63, 3.8) is 0 Å². The minimum atomic E-state index is -3.50. The fourth-order valence-electron chi connectivity index (χ4n) is 8.83. The molecule has 294 valence electrons. The van der Waals surface area contributed by atoms with Crippen molar-refractivity contribution in [2.45, 2.75) is 78.1 Å². The summed E-state index contributed by atoms with van der Waals surface area (Å²) < 4.78 is 67.2. The Balaban J connectivity index is 1.13. The van der Waals surface area contributed by atoms with Gasteiger partial charge >= 0.3 is 0 Å². The minimum absolute atomic E-state index is 0.133. The first kappa shape index (κ1) is 38.6. The summed E-state index contributed by atoms with van der Waals surface area (Å²) in [6, 6.07) is 31.9. The number of allylic oxidation sites excluding steroid dienone is 2. The van der Waals surface area contributed by atoms with E-state index in [4.69, 9.17) is 9.98 Å². The first-order chi connectivity index (χ1) is 27.7. The van der Waals surface area contributed by atoms with Gasteiger partial charge in [-0.25, -0.2) is 17.6 Å². The summed E-state index contributed by atoms with van der Waals surface area (Å²) in [6.07, 6.45) is 1.41. The molecule has 9 rings (SSSR count). The number of para-hydroxylation sites is 2. The van der Waals surface area contributed by atoms with Crippen LogP contribution in [-0.4, -0.2) is 23.3 Å². The normalized spacial score (nSPS) is 19.4.